The third kappa shape index (κ3) is 3.56. The monoisotopic (exact) mass is 292 g/mol. The van der Waals surface area contributed by atoms with Gasteiger partial charge in [-0.2, -0.15) is 0 Å². The highest BCUT2D eigenvalue weighted by molar-refractivity contribution is 7.11. The van der Waals surface area contributed by atoms with Gasteiger partial charge in [0.2, 0.25) is 0 Å². The van der Waals surface area contributed by atoms with Crippen molar-refractivity contribution in [3.05, 3.63) is 45.9 Å². The number of nitrogens with one attached hydrogen (secondary N) is 1. The smallest absolute Gasteiger partial charge is 0.124 e. The first kappa shape index (κ1) is 15.0. The fourth-order valence-electron chi connectivity index (χ4n) is 2.05. The molecule has 0 aliphatic heterocycles. The summed E-state index contributed by atoms with van der Waals surface area (Å²) in [6.45, 7) is 3.14. The summed E-state index contributed by atoms with van der Waals surface area (Å²) in [5, 5.41) is 4.41. The summed E-state index contributed by atoms with van der Waals surface area (Å²) in [4.78, 5) is 5.52. The van der Waals surface area contributed by atoms with Gasteiger partial charge < -0.3 is 14.8 Å². The van der Waals surface area contributed by atoms with Crippen molar-refractivity contribution in [2.75, 3.05) is 27.4 Å². The van der Waals surface area contributed by atoms with Gasteiger partial charge in [0.05, 0.1) is 17.7 Å². The number of rotatable bonds is 7. The van der Waals surface area contributed by atoms with Crippen LogP contribution in [0.5, 0.6) is 5.75 Å². The van der Waals surface area contributed by atoms with Crippen LogP contribution in [0.2, 0.25) is 0 Å². The first-order valence-electron chi connectivity index (χ1n) is 6.56. The maximum atomic E-state index is 5.81. The molecular formula is C15H20N2O2S. The second-order valence-electron chi connectivity index (χ2n) is 4.38. The summed E-state index contributed by atoms with van der Waals surface area (Å²) in [6.07, 6.45) is 1.92. The van der Waals surface area contributed by atoms with E-state index in [1.807, 2.05) is 38.4 Å². The molecule has 0 spiro atoms. The zero-order valence-corrected chi connectivity index (χ0v) is 12.9. The first-order chi connectivity index (χ1) is 9.76. The summed E-state index contributed by atoms with van der Waals surface area (Å²) in [5.41, 5.74) is 1.12. The van der Waals surface area contributed by atoms with Gasteiger partial charge in [-0.1, -0.05) is 18.2 Å². The van der Waals surface area contributed by atoms with Crippen LogP contribution in [0.15, 0.2) is 30.5 Å². The van der Waals surface area contributed by atoms with E-state index in [1.165, 1.54) is 4.88 Å². The fraction of sp³-hybridized carbons (Fsp3) is 0.400. The van der Waals surface area contributed by atoms with Gasteiger partial charge in [-0.05, 0) is 20.0 Å². The molecule has 2 aromatic rings. The number of aryl methyl sites for hydroxylation is 1. The van der Waals surface area contributed by atoms with Gasteiger partial charge in [-0.3, -0.25) is 0 Å². The Balaban J connectivity index is 2.25. The molecule has 0 fully saturated rings. The lowest BCUT2D eigenvalue weighted by molar-refractivity contribution is 0.145. The Morgan fingerprint density at radius 2 is 2.10 bits per heavy atom. The third-order valence-electron chi connectivity index (χ3n) is 2.99. The normalized spacial score (nSPS) is 12.3. The largest absolute Gasteiger partial charge is 0.491 e. The number of benzene rings is 1. The quantitative estimate of drug-likeness (QED) is 0.797. The van der Waals surface area contributed by atoms with Gasteiger partial charge in [0, 0.05) is 23.7 Å². The lowest BCUT2D eigenvalue weighted by atomic mass is 10.0. The molecule has 1 N–H and O–H groups in total. The number of ether oxygens (including phenoxy) is 2. The van der Waals surface area contributed by atoms with E-state index < -0.39 is 0 Å². The topological polar surface area (TPSA) is 43.4 Å². The van der Waals surface area contributed by atoms with Crippen molar-refractivity contribution >= 4 is 11.3 Å². The average molecular weight is 292 g/mol. The van der Waals surface area contributed by atoms with Crippen molar-refractivity contribution in [3.8, 4) is 5.75 Å². The summed E-state index contributed by atoms with van der Waals surface area (Å²) >= 11 is 1.70. The lowest BCUT2D eigenvalue weighted by Gasteiger charge is -2.18. The second kappa shape index (κ2) is 7.38. The highest BCUT2D eigenvalue weighted by atomic mass is 32.1. The summed E-state index contributed by atoms with van der Waals surface area (Å²) in [6, 6.07) is 8.18. The van der Waals surface area contributed by atoms with Gasteiger partial charge in [0.15, 0.2) is 0 Å². The Kier molecular flexibility index (Phi) is 5.52. The molecule has 20 heavy (non-hydrogen) atoms. The Morgan fingerprint density at radius 1 is 1.30 bits per heavy atom. The molecule has 4 nitrogen and oxygen atoms in total. The number of nitrogens with zero attached hydrogens (tertiary/aromatic N) is 1. The number of thiazole rings is 1. The molecule has 0 aliphatic rings. The molecule has 0 radical (unpaired) electrons. The standard InChI is InChI=1S/C15H20N2O2S/c1-11-17-10-14(20-11)15(16-2)12-6-4-5-7-13(12)19-9-8-18-3/h4-7,10,15-16H,8-9H2,1-3H3. The SMILES string of the molecule is CNC(c1cnc(C)s1)c1ccccc1OCCOC. The van der Waals surface area contributed by atoms with Crippen LogP contribution in [-0.4, -0.2) is 32.4 Å². The van der Waals surface area contributed by atoms with E-state index in [-0.39, 0.29) is 6.04 Å². The number of para-hydroxylation sites is 1. The highest BCUT2D eigenvalue weighted by Gasteiger charge is 2.18. The van der Waals surface area contributed by atoms with Crippen molar-refractivity contribution in [2.45, 2.75) is 13.0 Å². The van der Waals surface area contributed by atoms with E-state index in [2.05, 4.69) is 16.4 Å². The zero-order chi connectivity index (χ0) is 14.4. The number of aromatic nitrogens is 1. The van der Waals surface area contributed by atoms with Crippen LogP contribution in [0, 0.1) is 6.92 Å². The highest BCUT2D eigenvalue weighted by Crippen LogP contribution is 2.32. The molecule has 1 atom stereocenters. The van der Waals surface area contributed by atoms with Crippen LogP contribution in [0.4, 0.5) is 0 Å². The van der Waals surface area contributed by atoms with Gasteiger partial charge in [0.1, 0.15) is 12.4 Å². The van der Waals surface area contributed by atoms with E-state index in [0.717, 1.165) is 16.3 Å². The average Bonchev–Trinajstić information content (AvgIpc) is 2.88. The maximum Gasteiger partial charge on any atom is 0.124 e. The van der Waals surface area contributed by atoms with Gasteiger partial charge in [0.25, 0.3) is 0 Å². The summed E-state index contributed by atoms with van der Waals surface area (Å²) in [5.74, 6) is 0.884. The molecule has 1 heterocycles. The van der Waals surface area contributed by atoms with Crippen LogP contribution < -0.4 is 10.1 Å². The number of methoxy groups -OCH3 is 1. The van der Waals surface area contributed by atoms with Crippen molar-refractivity contribution in [3.63, 3.8) is 0 Å². The molecule has 0 bridgehead atoms. The number of hydrogen-bond acceptors (Lipinski definition) is 5. The molecule has 0 saturated carbocycles. The first-order valence-corrected chi connectivity index (χ1v) is 7.38. The zero-order valence-electron chi connectivity index (χ0n) is 12.1. The van der Waals surface area contributed by atoms with Crippen LogP contribution in [0.3, 0.4) is 0 Å². The molecule has 1 aromatic heterocycles. The van der Waals surface area contributed by atoms with Crippen molar-refractivity contribution in [1.29, 1.82) is 0 Å². The second-order valence-corrected chi connectivity index (χ2v) is 5.65. The van der Waals surface area contributed by atoms with Gasteiger partial charge >= 0.3 is 0 Å². The van der Waals surface area contributed by atoms with E-state index in [9.17, 15) is 0 Å². The van der Waals surface area contributed by atoms with E-state index in [1.54, 1.807) is 18.4 Å². The fourth-order valence-corrected chi connectivity index (χ4v) is 2.96. The molecule has 0 aliphatic carbocycles. The molecule has 1 unspecified atom stereocenters. The molecule has 5 heteroatoms. The Bertz CT molecular complexity index is 542. The lowest BCUT2D eigenvalue weighted by Crippen LogP contribution is -2.18. The van der Waals surface area contributed by atoms with E-state index in [4.69, 9.17) is 9.47 Å². The van der Waals surface area contributed by atoms with E-state index >= 15 is 0 Å². The van der Waals surface area contributed by atoms with E-state index in [0.29, 0.717) is 13.2 Å². The summed E-state index contributed by atoms with van der Waals surface area (Å²) in [7, 11) is 3.62. The van der Waals surface area contributed by atoms with Crippen molar-refractivity contribution < 1.29 is 9.47 Å². The Labute approximate surface area is 123 Å². The predicted octanol–water partition coefficient (Wildman–Crippen LogP) is 2.79. The van der Waals surface area contributed by atoms with Crippen molar-refractivity contribution in [1.82, 2.24) is 10.3 Å². The minimum absolute atomic E-state index is 0.0972. The molecule has 2 rings (SSSR count). The van der Waals surface area contributed by atoms with Crippen LogP contribution in [0.25, 0.3) is 0 Å². The molecule has 0 saturated heterocycles. The molecule has 0 amide bonds. The Morgan fingerprint density at radius 3 is 2.75 bits per heavy atom. The van der Waals surface area contributed by atoms with Crippen LogP contribution in [0.1, 0.15) is 21.5 Å². The summed E-state index contributed by atoms with van der Waals surface area (Å²) < 4.78 is 10.8. The molecule has 108 valence electrons. The maximum absolute atomic E-state index is 5.81. The predicted molar refractivity (Wildman–Crippen MR) is 81.6 cm³/mol. The van der Waals surface area contributed by atoms with Gasteiger partial charge in [-0.25, -0.2) is 4.98 Å². The van der Waals surface area contributed by atoms with Crippen LogP contribution >= 0.6 is 11.3 Å². The minimum Gasteiger partial charge on any atom is -0.491 e. The molecule has 1 aromatic carbocycles. The van der Waals surface area contributed by atoms with Crippen molar-refractivity contribution in [2.24, 2.45) is 0 Å². The molecular weight excluding hydrogens is 272 g/mol. The third-order valence-corrected chi connectivity index (χ3v) is 3.97. The number of hydrogen-bond donors (Lipinski definition) is 1. The van der Waals surface area contributed by atoms with Crippen LogP contribution in [-0.2, 0) is 4.74 Å². The Hall–Kier alpha value is -1.43. The minimum atomic E-state index is 0.0972. The van der Waals surface area contributed by atoms with Gasteiger partial charge in [-0.15, -0.1) is 11.3 Å².